The summed E-state index contributed by atoms with van der Waals surface area (Å²) in [6.07, 6.45) is 6.13. The summed E-state index contributed by atoms with van der Waals surface area (Å²) in [6.45, 7) is 0. The highest BCUT2D eigenvalue weighted by Gasteiger charge is 2.17. The van der Waals surface area contributed by atoms with Crippen molar-refractivity contribution >= 4 is 11.6 Å². The number of primary amides is 1. The zero-order chi connectivity index (χ0) is 13.4. The minimum atomic E-state index is -0.449. The fourth-order valence-electron chi connectivity index (χ4n) is 2.58. The van der Waals surface area contributed by atoms with E-state index in [0.29, 0.717) is 11.3 Å². The van der Waals surface area contributed by atoms with Crippen molar-refractivity contribution in [1.29, 1.82) is 0 Å². The Labute approximate surface area is 111 Å². The number of carbonyl (C=O) groups excluding carboxylic acids is 1. The summed E-state index contributed by atoms with van der Waals surface area (Å²) in [5.41, 5.74) is 15.5. The van der Waals surface area contributed by atoms with E-state index in [1.807, 2.05) is 4.57 Å². The molecule has 1 aliphatic rings. The van der Waals surface area contributed by atoms with Crippen LogP contribution in [0.5, 0.6) is 0 Å². The highest BCUT2D eigenvalue weighted by molar-refractivity contribution is 5.94. The number of rotatable bonds is 2. The number of nitrogens with two attached hydrogens (primary N) is 2. The Kier molecular flexibility index (Phi) is 2.74. The first kappa shape index (κ1) is 11.8. The summed E-state index contributed by atoms with van der Waals surface area (Å²) in [5, 5.41) is 0. The average molecular weight is 256 g/mol. The maximum atomic E-state index is 11.3. The Morgan fingerprint density at radius 1 is 1.26 bits per heavy atom. The third-order valence-corrected chi connectivity index (χ3v) is 3.60. The van der Waals surface area contributed by atoms with E-state index in [1.165, 1.54) is 12.1 Å². The van der Waals surface area contributed by atoms with E-state index < -0.39 is 5.91 Å². The van der Waals surface area contributed by atoms with E-state index in [0.717, 1.165) is 30.6 Å². The van der Waals surface area contributed by atoms with Crippen LogP contribution in [0.3, 0.4) is 0 Å². The number of imidazole rings is 1. The second-order valence-corrected chi connectivity index (χ2v) is 4.85. The molecule has 5 heteroatoms. The van der Waals surface area contributed by atoms with Crippen LogP contribution in [-0.2, 0) is 12.8 Å². The van der Waals surface area contributed by atoms with E-state index in [9.17, 15) is 4.79 Å². The summed E-state index contributed by atoms with van der Waals surface area (Å²) in [4.78, 5) is 15.7. The van der Waals surface area contributed by atoms with Gasteiger partial charge in [0.05, 0.1) is 23.4 Å². The van der Waals surface area contributed by atoms with Gasteiger partial charge < -0.3 is 16.0 Å². The fraction of sp³-hybridized carbons (Fsp3) is 0.286. The molecule has 3 rings (SSSR count). The van der Waals surface area contributed by atoms with Crippen molar-refractivity contribution in [1.82, 2.24) is 9.55 Å². The van der Waals surface area contributed by atoms with Gasteiger partial charge in [0.2, 0.25) is 5.91 Å². The molecule has 98 valence electrons. The molecular weight excluding hydrogens is 240 g/mol. The molecule has 2 aromatic rings. The van der Waals surface area contributed by atoms with Crippen LogP contribution in [0.15, 0.2) is 24.5 Å². The molecule has 1 amide bonds. The topological polar surface area (TPSA) is 86.9 Å². The summed E-state index contributed by atoms with van der Waals surface area (Å²) in [5.74, 6) is -0.449. The lowest BCUT2D eigenvalue weighted by Gasteiger charge is -2.15. The number of nitrogens with zero attached hydrogens (tertiary/aromatic N) is 2. The fourth-order valence-corrected chi connectivity index (χ4v) is 2.58. The van der Waals surface area contributed by atoms with Gasteiger partial charge in [-0.3, -0.25) is 4.79 Å². The highest BCUT2D eigenvalue weighted by Crippen LogP contribution is 2.26. The Bertz CT molecular complexity index is 645. The van der Waals surface area contributed by atoms with Crippen LogP contribution < -0.4 is 11.5 Å². The van der Waals surface area contributed by atoms with Crippen molar-refractivity contribution in [3.63, 3.8) is 0 Å². The number of nitrogen functional groups attached to an aromatic ring is 1. The molecule has 5 nitrogen and oxygen atoms in total. The van der Waals surface area contributed by atoms with Gasteiger partial charge in [-0.2, -0.15) is 0 Å². The zero-order valence-electron chi connectivity index (χ0n) is 10.6. The first-order valence-corrected chi connectivity index (χ1v) is 6.41. The first-order valence-electron chi connectivity index (χ1n) is 6.41. The molecule has 1 aliphatic carbocycles. The normalized spacial score (nSPS) is 14.1. The van der Waals surface area contributed by atoms with Gasteiger partial charge in [0.1, 0.15) is 0 Å². The van der Waals surface area contributed by atoms with Crippen LogP contribution >= 0.6 is 0 Å². The number of benzene rings is 1. The van der Waals surface area contributed by atoms with E-state index >= 15 is 0 Å². The van der Waals surface area contributed by atoms with Crippen molar-refractivity contribution in [3.8, 4) is 5.69 Å². The van der Waals surface area contributed by atoms with Crippen LogP contribution in [0.4, 0.5) is 5.69 Å². The number of amides is 1. The van der Waals surface area contributed by atoms with E-state index in [4.69, 9.17) is 11.5 Å². The Hall–Kier alpha value is -2.30. The quantitative estimate of drug-likeness (QED) is 0.797. The van der Waals surface area contributed by atoms with Crippen LogP contribution in [0.25, 0.3) is 5.69 Å². The molecule has 0 bridgehead atoms. The lowest BCUT2D eigenvalue weighted by Crippen LogP contribution is -2.13. The molecule has 4 N–H and O–H groups in total. The van der Waals surface area contributed by atoms with Crippen LogP contribution in [0.1, 0.15) is 34.6 Å². The zero-order valence-corrected chi connectivity index (χ0v) is 10.6. The summed E-state index contributed by atoms with van der Waals surface area (Å²) in [7, 11) is 0. The Morgan fingerprint density at radius 3 is 2.84 bits per heavy atom. The third-order valence-electron chi connectivity index (χ3n) is 3.60. The van der Waals surface area contributed by atoms with Crippen molar-refractivity contribution in [2.24, 2.45) is 5.73 Å². The minimum absolute atomic E-state index is 0.449. The second-order valence-electron chi connectivity index (χ2n) is 4.85. The number of anilines is 1. The van der Waals surface area contributed by atoms with Gasteiger partial charge >= 0.3 is 0 Å². The van der Waals surface area contributed by atoms with Crippen LogP contribution in [0.2, 0.25) is 0 Å². The molecular formula is C14H16N4O. The predicted molar refractivity (Wildman–Crippen MR) is 73.1 cm³/mol. The van der Waals surface area contributed by atoms with Crippen molar-refractivity contribution in [3.05, 3.63) is 41.5 Å². The van der Waals surface area contributed by atoms with Crippen molar-refractivity contribution < 1.29 is 4.79 Å². The monoisotopic (exact) mass is 256 g/mol. The smallest absolute Gasteiger partial charge is 0.248 e. The largest absolute Gasteiger partial charge is 0.397 e. The molecule has 0 saturated heterocycles. The summed E-state index contributed by atoms with van der Waals surface area (Å²) >= 11 is 0. The van der Waals surface area contributed by atoms with Gasteiger partial charge in [-0.25, -0.2) is 4.98 Å². The second kappa shape index (κ2) is 4.42. The molecule has 0 saturated carbocycles. The van der Waals surface area contributed by atoms with Crippen molar-refractivity contribution in [2.75, 3.05) is 5.73 Å². The van der Waals surface area contributed by atoms with Gasteiger partial charge in [-0.1, -0.05) is 0 Å². The number of carbonyl (C=O) groups is 1. The molecule has 1 heterocycles. The van der Waals surface area contributed by atoms with Gasteiger partial charge in [0.15, 0.2) is 0 Å². The SMILES string of the molecule is NC(=O)c1ccc(N)c(-n2cnc3c2CCCC3)c1. The van der Waals surface area contributed by atoms with Crippen LogP contribution in [-0.4, -0.2) is 15.5 Å². The number of hydrogen-bond acceptors (Lipinski definition) is 3. The first-order chi connectivity index (χ1) is 9.16. The number of aromatic nitrogens is 2. The van der Waals surface area contributed by atoms with E-state index in [1.54, 1.807) is 24.5 Å². The lowest BCUT2D eigenvalue weighted by molar-refractivity contribution is 0.100. The number of fused-ring (bicyclic) bond motifs is 1. The van der Waals surface area contributed by atoms with Crippen LogP contribution in [0, 0.1) is 0 Å². The predicted octanol–water partition coefficient (Wildman–Crippen LogP) is 1.43. The van der Waals surface area contributed by atoms with Gasteiger partial charge in [0.25, 0.3) is 0 Å². The van der Waals surface area contributed by atoms with E-state index in [2.05, 4.69) is 4.98 Å². The van der Waals surface area contributed by atoms with Gasteiger partial charge in [-0.05, 0) is 43.9 Å². The molecule has 0 aliphatic heterocycles. The average Bonchev–Trinajstić information content (AvgIpc) is 2.83. The molecule has 0 unspecified atom stereocenters. The molecule has 0 radical (unpaired) electrons. The number of aryl methyl sites for hydroxylation is 1. The number of hydrogen-bond donors (Lipinski definition) is 2. The Balaban J connectivity index is 2.13. The highest BCUT2D eigenvalue weighted by atomic mass is 16.1. The molecule has 1 aromatic heterocycles. The van der Waals surface area contributed by atoms with Crippen molar-refractivity contribution in [2.45, 2.75) is 25.7 Å². The maximum Gasteiger partial charge on any atom is 0.248 e. The molecule has 0 atom stereocenters. The Morgan fingerprint density at radius 2 is 2.05 bits per heavy atom. The van der Waals surface area contributed by atoms with E-state index in [-0.39, 0.29) is 0 Å². The summed E-state index contributed by atoms with van der Waals surface area (Å²) < 4.78 is 1.98. The molecule has 0 spiro atoms. The third kappa shape index (κ3) is 1.97. The molecule has 0 fully saturated rings. The van der Waals surface area contributed by atoms with Gasteiger partial charge in [0, 0.05) is 11.3 Å². The lowest BCUT2D eigenvalue weighted by atomic mass is 10.0. The summed E-state index contributed by atoms with van der Waals surface area (Å²) in [6, 6.07) is 5.09. The van der Waals surface area contributed by atoms with Gasteiger partial charge in [-0.15, -0.1) is 0 Å². The maximum absolute atomic E-state index is 11.3. The standard InChI is InChI=1S/C14H16N4O/c15-10-6-5-9(14(16)19)7-13(10)18-8-17-11-3-1-2-4-12(11)18/h5-8H,1-4,15H2,(H2,16,19). The molecule has 1 aromatic carbocycles. The minimum Gasteiger partial charge on any atom is -0.397 e. The molecule has 19 heavy (non-hydrogen) atoms.